The predicted molar refractivity (Wildman–Crippen MR) is 60.8 cm³/mol. The van der Waals surface area contributed by atoms with Crippen molar-refractivity contribution in [1.29, 1.82) is 0 Å². The van der Waals surface area contributed by atoms with Crippen LogP contribution < -0.4 is 11.1 Å². The molecule has 0 unspecified atom stereocenters. The first-order valence-corrected chi connectivity index (χ1v) is 5.28. The zero-order chi connectivity index (χ0) is 13.7. The van der Waals surface area contributed by atoms with E-state index in [0.29, 0.717) is 5.76 Å². The van der Waals surface area contributed by atoms with Crippen LogP contribution in [0.5, 0.6) is 0 Å². The highest BCUT2D eigenvalue weighted by Gasteiger charge is 2.22. The summed E-state index contributed by atoms with van der Waals surface area (Å²) < 4.78 is 4.94. The number of nitrogens with two attached hydrogens (primary N) is 1. The summed E-state index contributed by atoms with van der Waals surface area (Å²) in [5.74, 6) is -2.00. The van der Waals surface area contributed by atoms with Gasteiger partial charge in [-0.1, -0.05) is 0 Å². The molecule has 0 aliphatic rings. The van der Waals surface area contributed by atoms with Gasteiger partial charge in [0.1, 0.15) is 11.8 Å². The van der Waals surface area contributed by atoms with Crippen LogP contribution in [0.15, 0.2) is 16.7 Å². The first-order chi connectivity index (χ1) is 8.41. The summed E-state index contributed by atoms with van der Waals surface area (Å²) in [7, 11) is 0. The molecule has 0 saturated carbocycles. The molecule has 0 fully saturated rings. The average molecular weight is 254 g/mol. The molecule has 1 rings (SSSR count). The van der Waals surface area contributed by atoms with Crippen molar-refractivity contribution in [2.45, 2.75) is 25.8 Å². The second-order valence-electron chi connectivity index (χ2n) is 3.76. The fraction of sp³-hybridized carbons (Fsp3) is 0.364. The number of aliphatic carboxylic acids is 1. The quantitative estimate of drug-likeness (QED) is 0.661. The first kappa shape index (κ1) is 13.8. The van der Waals surface area contributed by atoms with Crippen molar-refractivity contribution in [2.24, 2.45) is 5.73 Å². The minimum absolute atomic E-state index is 0.0483. The maximum atomic E-state index is 11.7. The molecular weight excluding hydrogens is 240 g/mol. The Balaban J connectivity index is 2.67. The zero-order valence-corrected chi connectivity index (χ0v) is 9.80. The molecular formula is C11H14N2O5. The third-order valence-electron chi connectivity index (χ3n) is 2.39. The molecule has 1 aromatic heterocycles. The van der Waals surface area contributed by atoms with Gasteiger partial charge in [0.2, 0.25) is 5.91 Å². The van der Waals surface area contributed by atoms with Crippen LogP contribution in [-0.4, -0.2) is 28.9 Å². The van der Waals surface area contributed by atoms with Gasteiger partial charge in [-0.3, -0.25) is 9.59 Å². The second-order valence-corrected chi connectivity index (χ2v) is 3.76. The van der Waals surface area contributed by atoms with Crippen LogP contribution in [0.2, 0.25) is 0 Å². The van der Waals surface area contributed by atoms with Gasteiger partial charge in [0.15, 0.2) is 0 Å². The van der Waals surface area contributed by atoms with Crippen molar-refractivity contribution in [1.82, 2.24) is 5.32 Å². The molecule has 0 saturated heterocycles. The van der Waals surface area contributed by atoms with Gasteiger partial charge in [-0.15, -0.1) is 0 Å². The summed E-state index contributed by atoms with van der Waals surface area (Å²) in [6.07, 6.45) is 1.18. The van der Waals surface area contributed by atoms with Crippen LogP contribution in [0.4, 0.5) is 0 Å². The summed E-state index contributed by atoms with van der Waals surface area (Å²) in [4.78, 5) is 33.2. The minimum atomic E-state index is -1.22. The van der Waals surface area contributed by atoms with Crippen molar-refractivity contribution in [3.63, 3.8) is 0 Å². The molecule has 0 radical (unpaired) electrons. The molecule has 0 aromatic carbocycles. The maximum absolute atomic E-state index is 11.7. The number of carboxylic acid groups (broad SMARTS) is 1. The topological polar surface area (TPSA) is 123 Å². The Morgan fingerprint density at radius 2 is 2.17 bits per heavy atom. The number of hydrogen-bond donors (Lipinski definition) is 3. The zero-order valence-electron chi connectivity index (χ0n) is 9.80. The maximum Gasteiger partial charge on any atom is 0.326 e. The Morgan fingerprint density at radius 1 is 1.50 bits per heavy atom. The number of furan rings is 1. The van der Waals surface area contributed by atoms with Gasteiger partial charge >= 0.3 is 5.97 Å². The number of primary amides is 1. The Kier molecular flexibility index (Phi) is 4.47. The summed E-state index contributed by atoms with van der Waals surface area (Å²) in [6, 6.07) is 0.289. The van der Waals surface area contributed by atoms with Crippen LogP contribution in [0.3, 0.4) is 0 Å². The lowest BCUT2D eigenvalue weighted by Crippen LogP contribution is -2.41. The first-order valence-electron chi connectivity index (χ1n) is 5.28. The number of hydrogen-bond acceptors (Lipinski definition) is 4. The lowest BCUT2D eigenvalue weighted by molar-refractivity contribution is -0.139. The van der Waals surface area contributed by atoms with Crippen molar-refractivity contribution in [3.8, 4) is 0 Å². The monoisotopic (exact) mass is 254 g/mol. The van der Waals surface area contributed by atoms with Crippen molar-refractivity contribution < 1.29 is 23.9 Å². The third kappa shape index (κ3) is 3.62. The Morgan fingerprint density at radius 3 is 2.61 bits per heavy atom. The van der Waals surface area contributed by atoms with E-state index in [1.54, 1.807) is 6.92 Å². The fourth-order valence-electron chi connectivity index (χ4n) is 1.40. The lowest BCUT2D eigenvalue weighted by atomic mass is 10.1. The second kappa shape index (κ2) is 5.85. The smallest absolute Gasteiger partial charge is 0.326 e. The van der Waals surface area contributed by atoms with Gasteiger partial charge in [-0.25, -0.2) is 4.79 Å². The highest BCUT2D eigenvalue weighted by Crippen LogP contribution is 2.09. The van der Waals surface area contributed by atoms with Gasteiger partial charge in [-0.2, -0.15) is 0 Å². The molecule has 0 aliphatic heterocycles. The van der Waals surface area contributed by atoms with Crippen LogP contribution in [-0.2, 0) is 9.59 Å². The molecule has 7 heteroatoms. The predicted octanol–water partition coefficient (Wildman–Crippen LogP) is 0.0365. The van der Waals surface area contributed by atoms with Crippen LogP contribution in [0, 0.1) is 6.92 Å². The number of amides is 2. The van der Waals surface area contributed by atoms with Gasteiger partial charge in [0.25, 0.3) is 5.91 Å². The number of aryl methyl sites for hydroxylation is 1. The molecule has 0 aliphatic carbocycles. The van der Waals surface area contributed by atoms with Gasteiger partial charge in [0, 0.05) is 6.42 Å². The molecule has 2 amide bonds. The number of carbonyl (C=O) groups is 3. The molecule has 4 N–H and O–H groups in total. The van der Waals surface area contributed by atoms with Crippen molar-refractivity contribution in [2.75, 3.05) is 0 Å². The summed E-state index contributed by atoms with van der Waals surface area (Å²) in [5.41, 5.74) is 5.20. The van der Waals surface area contributed by atoms with Crippen LogP contribution in [0.1, 0.15) is 29.0 Å². The third-order valence-corrected chi connectivity index (χ3v) is 2.39. The van der Waals surface area contributed by atoms with E-state index in [4.69, 9.17) is 15.3 Å². The highest BCUT2D eigenvalue weighted by atomic mass is 16.4. The highest BCUT2D eigenvalue weighted by molar-refractivity contribution is 5.97. The Labute approximate surface area is 103 Å². The van der Waals surface area contributed by atoms with E-state index in [-0.39, 0.29) is 18.4 Å². The lowest BCUT2D eigenvalue weighted by Gasteiger charge is -2.13. The molecule has 0 bridgehead atoms. The van der Waals surface area contributed by atoms with E-state index in [2.05, 4.69) is 5.32 Å². The van der Waals surface area contributed by atoms with Crippen molar-refractivity contribution in [3.05, 3.63) is 23.7 Å². The fourth-order valence-corrected chi connectivity index (χ4v) is 1.40. The van der Waals surface area contributed by atoms with E-state index >= 15 is 0 Å². The molecule has 0 spiro atoms. The Bertz CT molecular complexity index is 466. The number of rotatable bonds is 6. The summed E-state index contributed by atoms with van der Waals surface area (Å²) in [5, 5.41) is 11.2. The van der Waals surface area contributed by atoms with Crippen molar-refractivity contribution >= 4 is 17.8 Å². The number of carbonyl (C=O) groups excluding carboxylic acids is 2. The number of nitrogens with one attached hydrogen (secondary N) is 1. The number of carboxylic acids is 1. The van der Waals surface area contributed by atoms with Crippen LogP contribution in [0.25, 0.3) is 0 Å². The van der Waals surface area contributed by atoms with Gasteiger partial charge < -0.3 is 20.6 Å². The molecule has 1 atom stereocenters. The standard InChI is InChI=1S/C11H14N2O5/c1-6-7(4-5-18-6)10(15)13-8(11(16)17)2-3-9(12)14/h4-5,8H,2-3H2,1H3,(H2,12,14)(H,13,15)(H,16,17)/t8-/m1/s1. The Hall–Kier alpha value is -2.31. The normalized spacial score (nSPS) is 11.8. The van der Waals surface area contributed by atoms with Gasteiger partial charge in [-0.05, 0) is 19.4 Å². The summed E-state index contributed by atoms with van der Waals surface area (Å²) in [6.45, 7) is 1.59. The van der Waals surface area contributed by atoms with E-state index in [0.717, 1.165) is 0 Å². The van der Waals surface area contributed by atoms with Crippen LogP contribution >= 0.6 is 0 Å². The SMILES string of the molecule is Cc1occc1C(=O)N[C@H](CCC(N)=O)C(=O)O. The molecule has 7 nitrogen and oxygen atoms in total. The van der Waals surface area contributed by atoms with E-state index in [9.17, 15) is 14.4 Å². The molecule has 98 valence electrons. The van der Waals surface area contributed by atoms with Gasteiger partial charge in [0.05, 0.1) is 11.8 Å². The molecule has 18 heavy (non-hydrogen) atoms. The summed E-state index contributed by atoms with van der Waals surface area (Å²) >= 11 is 0. The van der Waals surface area contributed by atoms with E-state index in [1.165, 1.54) is 12.3 Å². The van der Waals surface area contributed by atoms with E-state index in [1.807, 2.05) is 0 Å². The van der Waals surface area contributed by atoms with E-state index < -0.39 is 23.8 Å². The molecule has 1 heterocycles. The average Bonchev–Trinajstić information content (AvgIpc) is 2.69. The largest absolute Gasteiger partial charge is 0.480 e. The molecule has 1 aromatic rings. The minimum Gasteiger partial charge on any atom is -0.480 e.